The lowest BCUT2D eigenvalue weighted by Crippen LogP contribution is -2.47. The zero-order valence-electron chi connectivity index (χ0n) is 32.8. The summed E-state index contributed by atoms with van der Waals surface area (Å²) < 4.78 is 0. The first kappa shape index (κ1) is 38.5. The fourth-order valence-corrected chi connectivity index (χ4v) is 8.73. The lowest BCUT2D eigenvalue weighted by atomic mass is 9.80. The number of rotatable bonds is 12. The van der Waals surface area contributed by atoms with Gasteiger partial charge in [-0.3, -0.25) is 0 Å². The molecule has 9 rings (SSSR count). The number of nitrogens with zero attached hydrogens (tertiary/aromatic N) is 3. The van der Waals surface area contributed by atoms with Gasteiger partial charge in [0.2, 0.25) is 0 Å². The third kappa shape index (κ3) is 7.67. The van der Waals surface area contributed by atoms with Gasteiger partial charge >= 0.3 is 0 Å². The molecular weight excluding hydrogens is 776 g/mol. The molecule has 292 valence electrons. The molecular formula is C54H42Cl2N4. The van der Waals surface area contributed by atoms with Crippen molar-refractivity contribution in [2.24, 2.45) is 0 Å². The SMILES string of the molecule is Clc1c(N(c2ccccc2)c2ccccc2)cccc1N(c1ccccc1)c1cccc(C2(Nc3ccccc3)C=CC=C(N(c3ccccc3)c3ccccc3)C2Cl)c1. The van der Waals surface area contributed by atoms with Crippen LogP contribution in [0.2, 0.25) is 5.02 Å². The monoisotopic (exact) mass is 816 g/mol. The van der Waals surface area contributed by atoms with Crippen molar-refractivity contribution in [1.82, 2.24) is 0 Å². The predicted octanol–water partition coefficient (Wildman–Crippen LogP) is 15.5. The third-order valence-corrected chi connectivity index (χ3v) is 11.7. The molecule has 0 aromatic heterocycles. The number of hydrogen-bond acceptors (Lipinski definition) is 4. The van der Waals surface area contributed by atoms with Crippen molar-refractivity contribution in [3.63, 3.8) is 0 Å². The highest BCUT2D eigenvalue weighted by Crippen LogP contribution is 2.49. The first-order chi connectivity index (χ1) is 29.6. The van der Waals surface area contributed by atoms with E-state index in [9.17, 15) is 0 Å². The second-order valence-electron chi connectivity index (χ2n) is 14.5. The number of benzene rings is 8. The van der Waals surface area contributed by atoms with Crippen LogP contribution in [0, 0.1) is 0 Å². The summed E-state index contributed by atoms with van der Waals surface area (Å²) >= 11 is 15.7. The van der Waals surface area contributed by atoms with Crippen LogP contribution in [0.25, 0.3) is 0 Å². The van der Waals surface area contributed by atoms with Crippen molar-refractivity contribution in [3.8, 4) is 0 Å². The van der Waals surface area contributed by atoms with Crippen molar-refractivity contribution in [3.05, 3.63) is 259 Å². The van der Waals surface area contributed by atoms with Crippen molar-refractivity contribution in [2.45, 2.75) is 10.9 Å². The molecule has 0 spiro atoms. The van der Waals surface area contributed by atoms with Crippen LogP contribution in [0.3, 0.4) is 0 Å². The van der Waals surface area contributed by atoms with E-state index in [1.807, 2.05) is 72.8 Å². The molecule has 4 nitrogen and oxygen atoms in total. The van der Waals surface area contributed by atoms with Gasteiger partial charge in [-0.15, -0.1) is 11.6 Å². The second-order valence-corrected chi connectivity index (χ2v) is 15.3. The molecule has 0 aliphatic heterocycles. The summed E-state index contributed by atoms with van der Waals surface area (Å²) in [7, 11) is 0. The molecule has 0 fully saturated rings. The summed E-state index contributed by atoms with van der Waals surface area (Å²) in [6.45, 7) is 0. The van der Waals surface area contributed by atoms with Gasteiger partial charge < -0.3 is 20.0 Å². The van der Waals surface area contributed by atoms with Crippen LogP contribution < -0.4 is 20.0 Å². The van der Waals surface area contributed by atoms with Gasteiger partial charge in [-0.2, -0.15) is 0 Å². The van der Waals surface area contributed by atoms with Crippen LogP contribution in [-0.4, -0.2) is 5.38 Å². The molecule has 6 heteroatoms. The fourth-order valence-electron chi connectivity index (χ4n) is 8.01. The number of para-hydroxylation sites is 6. The molecule has 1 aliphatic rings. The van der Waals surface area contributed by atoms with E-state index in [1.54, 1.807) is 0 Å². The van der Waals surface area contributed by atoms with E-state index in [-0.39, 0.29) is 0 Å². The van der Waals surface area contributed by atoms with Crippen LogP contribution in [-0.2, 0) is 5.54 Å². The van der Waals surface area contributed by atoms with Crippen LogP contribution >= 0.6 is 23.2 Å². The maximum absolute atomic E-state index is 7.98. The molecule has 0 radical (unpaired) electrons. The Morgan fingerprint density at radius 2 is 0.800 bits per heavy atom. The van der Waals surface area contributed by atoms with Crippen molar-refractivity contribution in [2.75, 3.05) is 20.0 Å². The summed E-state index contributed by atoms with van der Waals surface area (Å²) in [5, 5.41) is 3.97. The third-order valence-electron chi connectivity index (χ3n) is 10.8. The van der Waals surface area contributed by atoms with Crippen molar-refractivity contribution < 1.29 is 0 Å². The lowest BCUT2D eigenvalue weighted by molar-refractivity contribution is 0.600. The van der Waals surface area contributed by atoms with Gasteiger partial charge in [-0.25, -0.2) is 0 Å². The lowest BCUT2D eigenvalue weighted by Gasteiger charge is -2.44. The molecule has 1 aliphatic carbocycles. The topological polar surface area (TPSA) is 21.8 Å². The van der Waals surface area contributed by atoms with E-state index in [4.69, 9.17) is 23.2 Å². The Morgan fingerprint density at radius 3 is 1.27 bits per heavy atom. The van der Waals surface area contributed by atoms with Crippen LogP contribution in [0.15, 0.2) is 248 Å². The smallest absolute Gasteiger partial charge is 0.105 e. The molecule has 0 bridgehead atoms. The Bertz CT molecular complexity index is 2630. The number of alkyl halides is 1. The summed E-state index contributed by atoms with van der Waals surface area (Å²) in [5.41, 5.74) is 9.60. The fraction of sp³-hybridized carbons (Fsp3) is 0.0370. The normalized spacial score (nSPS) is 15.8. The first-order valence-corrected chi connectivity index (χ1v) is 20.8. The van der Waals surface area contributed by atoms with Crippen LogP contribution in [0.4, 0.5) is 51.2 Å². The van der Waals surface area contributed by atoms with Crippen LogP contribution in [0.5, 0.6) is 0 Å². The van der Waals surface area contributed by atoms with Gasteiger partial charge in [0.1, 0.15) is 10.9 Å². The maximum Gasteiger partial charge on any atom is 0.105 e. The Hall–Kier alpha value is -6.98. The average molecular weight is 818 g/mol. The van der Waals surface area contributed by atoms with E-state index in [1.165, 1.54) is 0 Å². The molecule has 8 aromatic carbocycles. The summed E-state index contributed by atoms with van der Waals surface area (Å²) in [4.78, 5) is 6.68. The van der Waals surface area contributed by atoms with Crippen molar-refractivity contribution >= 4 is 74.4 Å². The van der Waals surface area contributed by atoms with Gasteiger partial charge in [-0.1, -0.05) is 151 Å². The Kier molecular flexibility index (Phi) is 11.2. The largest absolute Gasteiger partial charge is 0.370 e. The molecule has 60 heavy (non-hydrogen) atoms. The molecule has 2 unspecified atom stereocenters. The highest BCUT2D eigenvalue weighted by molar-refractivity contribution is 6.36. The van der Waals surface area contributed by atoms with E-state index < -0.39 is 10.9 Å². The minimum atomic E-state index is -0.893. The van der Waals surface area contributed by atoms with Gasteiger partial charge in [0.15, 0.2) is 0 Å². The zero-order chi connectivity index (χ0) is 40.7. The van der Waals surface area contributed by atoms with Gasteiger partial charge in [0.25, 0.3) is 0 Å². The summed E-state index contributed by atoms with van der Waals surface area (Å²) in [6.07, 6.45) is 6.43. The van der Waals surface area contributed by atoms with Gasteiger partial charge in [0, 0.05) is 45.5 Å². The number of anilines is 9. The molecule has 0 heterocycles. The Morgan fingerprint density at radius 1 is 0.417 bits per heavy atom. The Balaban J connectivity index is 1.20. The van der Waals surface area contributed by atoms with Crippen LogP contribution in [0.1, 0.15) is 5.56 Å². The number of allylic oxidation sites excluding steroid dienone is 2. The highest BCUT2D eigenvalue weighted by Gasteiger charge is 2.43. The highest BCUT2D eigenvalue weighted by atomic mass is 35.5. The molecule has 1 N–H and O–H groups in total. The minimum absolute atomic E-state index is 0.569. The second kappa shape index (κ2) is 17.5. The molecule has 0 amide bonds. The van der Waals surface area contributed by atoms with E-state index in [0.717, 1.165) is 62.4 Å². The quantitative estimate of drug-likeness (QED) is 0.124. The zero-order valence-corrected chi connectivity index (χ0v) is 34.3. The molecule has 2 atom stereocenters. The van der Waals surface area contributed by atoms with Gasteiger partial charge in [-0.05, 0) is 109 Å². The molecule has 8 aromatic rings. The molecule has 0 saturated heterocycles. The maximum atomic E-state index is 7.98. The van der Waals surface area contributed by atoms with Crippen molar-refractivity contribution in [1.29, 1.82) is 0 Å². The standard InChI is InChI=1S/C54H42Cl2N4/c55-52-49(58(43-25-9-2-10-26-43)44-27-11-3-12-28-44)36-20-37-50(52)60(47-33-17-6-18-34-47)48-35-19-22-41(40-48)54(57-42-23-7-1-8-24-42)39-21-38-51(53(54)56)59(45-29-13-4-14-30-45)46-31-15-5-16-32-46/h1-40,53,57H. The predicted molar refractivity (Wildman–Crippen MR) is 254 cm³/mol. The number of hydrogen-bond donors (Lipinski definition) is 1. The van der Waals surface area contributed by atoms with E-state index >= 15 is 0 Å². The first-order valence-electron chi connectivity index (χ1n) is 20.0. The van der Waals surface area contributed by atoms with E-state index in [2.05, 4.69) is 190 Å². The molecule has 0 saturated carbocycles. The number of nitrogens with one attached hydrogen (secondary N) is 1. The Labute approximate surface area is 362 Å². The number of halogens is 2. The summed E-state index contributed by atoms with van der Waals surface area (Å²) in [6, 6.07) is 77.0. The van der Waals surface area contributed by atoms with E-state index in [0.29, 0.717) is 5.02 Å². The minimum Gasteiger partial charge on any atom is -0.370 e. The average Bonchev–Trinajstić information content (AvgIpc) is 3.31. The van der Waals surface area contributed by atoms with Gasteiger partial charge in [0.05, 0.1) is 16.4 Å². The summed E-state index contributed by atoms with van der Waals surface area (Å²) in [5.74, 6) is 0.